The number of nitrogens with zero attached hydrogens (tertiary/aromatic N) is 1. The highest BCUT2D eigenvalue weighted by atomic mass is 35.5. The average molecular weight is 530 g/mol. The van der Waals surface area contributed by atoms with Crippen molar-refractivity contribution in [2.75, 3.05) is 11.5 Å². The van der Waals surface area contributed by atoms with Crippen molar-refractivity contribution < 1.29 is 18.7 Å². The predicted octanol–water partition coefficient (Wildman–Crippen LogP) is 7.90. The molecule has 1 aliphatic heterocycles. The molecule has 0 aliphatic carbocycles. The van der Waals surface area contributed by atoms with Crippen LogP contribution in [0.25, 0.3) is 23.1 Å². The van der Waals surface area contributed by atoms with Crippen LogP contribution in [0, 0.1) is 0 Å². The Morgan fingerprint density at radius 1 is 0.973 bits per heavy atom. The number of carbonyl (C=O) groups excluding carboxylic acids is 2. The Balaban J connectivity index is 1.54. The molecule has 0 atom stereocenters. The average Bonchev–Trinajstić information content (AvgIpc) is 3.51. The van der Waals surface area contributed by atoms with E-state index in [2.05, 4.69) is 0 Å². The van der Waals surface area contributed by atoms with Gasteiger partial charge in [-0.3, -0.25) is 9.69 Å². The number of benzene rings is 3. The summed E-state index contributed by atoms with van der Waals surface area (Å²) in [6, 6.07) is 25.1. The summed E-state index contributed by atoms with van der Waals surface area (Å²) in [6.45, 7) is 2.01. The molecule has 1 aliphatic rings. The monoisotopic (exact) mass is 529 g/mol. The Bertz CT molecular complexity index is 1550. The maximum Gasteiger partial charge on any atom is 0.338 e. The molecule has 0 fully saturated rings. The molecule has 1 aromatic heterocycles. The van der Waals surface area contributed by atoms with Crippen LogP contribution in [-0.4, -0.2) is 18.5 Å². The lowest BCUT2D eigenvalue weighted by Crippen LogP contribution is -2.25. The fourth-order valence-electron chi connectivity index (χ4n) is 4.09. The minimum absolute atomic E-state index is 0.251. The number of halogens is 2. The molecule has 1 amide bonds. The first kappa shape index (κ1) is 24.6. The van der Waals surface area contributed by atoms with Gasteiger partial charge < -0.3 is 9.15 Å². The molecule has 0 radical (unpaired) electrons. The number of hydrogen-bond acceptors (Lipinski definition) is 4. The summed E-state index contributed by atoms with van der Waals surface area (Å²) in [5.74, 6) is 0.328. The van der Waals surface area contributed by atoms with E-state index in [-0.39, 0.29) is 12.5 Å². The van der Waals surface area contributed by atoms with Crippen LogP contribution >= 0.6 is 23.2 Å². The van der Waals surface area contributed by atoms with Crippen molar-refractivity contribution in [2.24, 2.45) is 0 Å². The molecule has 5 rings (SSSR count). The second-order valence-electron chi connectivity index (χ2n) is 8.23. The van der Waals surface area contributed by atoms with Gasteiger partial charge in [-0.15, -0.1) is 0 Å². The van der Waals surface area contributed by atoms with E-state index < -0.39 is 5.97 Å². The number of ether oxygens (including phenoxy) is 1. The minimum atomic E-state index is -0.445. The van der Waals surface area contributed by atoms with Crippen LogP contribution in [0.15, 0.2) is 101 Å². The molecule has 0 saturated heterocycles. The third kappa shape index (κ3) is 5.10. The molecule has 0 unspecified atom stereocenters. The van der Waals surface area contributed by atoms with E-state index in [1.807, 2.05) is 36.4 Å². The van der Waals surface area contributed by atoms with E-state index in [4.69, 9.17) is 32.4 Å². The van der Waals surface area contributed by atoms with Crippen molar-refractivity contribution >= 4 is 52.5 Å². The van der Waals surface area contributed by atoms with Crippen molar-refractivity contribution in [3.8, 4) is 11.3 Å². The van der Waals surface area contributed by atoms with Crippen LogP contribution in [0.5, 0.6) is 0 Å². The number of amides is 1. The number of anilines is 1. The lowest BCUT2D eigenvalue weighted by atomic mass is 10.1. The lowest BCUT2D eigenvalue weighted by Gasteiger charge is -2.21. The second kappa shape index (κ2) is 10.5. The molecule has 37 heavy (non-hydrogen) atoms. The quantitative estimate of drug-likeness (QED) is 0.188. The van der Waals surface area contributed by atoms with Gasteiger partial charge in [0, 0.05) is 16.2 Å². The van der Waals surface area contributed by atoms with E-state index >= 15 is 0 Å². The molecule has 184 valence electrons. The Morgan fingerprint density at radius 3 is 2.57 bits per heavy atom. The van der Waals surface area contributed by atoms with Crippen molar-refractivity contribution in [1.29, 1.82) is 0 Å². The highest BCUT2D eigenvalue weighted by molar-refractivity contribution is 6.35. The Morgan fingerprint density at radius 2 is 1.78 bits per heavy atom. The third-order valence-corrected chi connectivity index (χ3v) is 6.35. The molecule has 0 spiro atoms. The van der Waals surface area contributed by atoms with Gasteiger partial charge in [-0.2, -0.15) is 0 Å². The Labute approximate surface area is 224 Å². The number of esters is 1. The van der Waals surface area contributed by atoms with Crippen LogP contribution in [0.3, 0.4) is 0 Å². The number of hydrogen-bond donors (Lipinski definition) is 0. The highest BCUT2D eigenvalue weighted by Crippen LogP contribution is 2.37. The van der Waals surface area contributed by atoms with Gasteiger partial charge in [0.05, 0.1) is 28.6 Å². The first-order valence-electron chi connectivity index (χ1n) is 11.6. The molecule has 0 N–H and O–H groups in total. The van der Waals surface area contributed by atoms with Crippen LogP contribution in [0.2, 0.25) is 10.0 Å². The molecule has 5 nitrogen and oxygen atoms in total. The first-order chi connectivity index (χ1) is 17.9. The van der Waals surface area contributed by atoms with Crippen molar-refractivity contribution in [3.05, 3.63) is 124 Å². The van der Waals surface area contributed by atoms with E-state index in [0.29, 0.717) is 49.7 Å². The maximum absolute atomic E-state index is 13.7. The van der Waals surface area contributed by atoms with Crippen molar-refractivity contribution in [2.45, 2.75) is 6.92 Å². The van der Waals surface area contributed by atoms with Gasteiger partial charge in [0.1, 0.15) is 11.5 Å². The number of rotatable bonds is 6. The van der Waals surface area contributed by atoms with Crippen LogP contribution < -0.4 is 4.90 Å². The van der Waals surface area contributed by atoms with Crippen LogP contribution in [0.1, 0.15) is 28.6 Å². The van der Waals surface area contributed by atoms with E-state index in [1.54, 1.807) is 72.5 Å². The summed E-state index contributed by atoms with van der Waals surface area (Å²) < 4.78 is 11.1. The summed E-state index contributed by atoms with van der Waals surface area (Å²) in [5.41, 5.74) is 3.55. The summed E-state index contributed by atoms with van der Waals surface area (Å²) in [4.78, 5) is 27.6. The third-order valence-electron chi connectivity index (χ3n) is 5.79. The van der Waals surface area contributed by atoms with E-state index in [1.165, 1.54) is 0 Å². The van der Waals surface area contributed by atoms with Gasteiger partial charge >= 0.3 is 5.97 Å². The van der Waals surface area contributed by atoms with Gasteiger partial charge in [0.2, 0.25) is 0 Å². The van der Waals surface area contributed by atoms with Gasteiger partial charge in [0.15, 0.2) is 0 Å². The van der Waals surface area contributed by atoms with Crippen LogP contribution in [0.4, 0.5) is 5.69 Å². The summed E-state index contributed by atoms with van der Waals surface area (Å²) >= 11 is 12.5. The summed E-state index contributed by atoms with van der Waals surface area (Å²) in [6.07, 6.45) is 3.49. The molecule has 2 heterocycles. The SMILES string of the molecule is CCOC(=O)c1cccc(N2C(=O)/C(=C/c3ccc(-c4cc(Cl)ccc4Cl)o3)C=C2c2ccccc2)c1. The van der Waals surface area contributed by atoms with Crippen LogP contribution in [-0.2, 0) is 9.53 Å². The number of carbonyl (C=O) groups is 2. The van der Waals surface area contributed by atoms with Gasteiger partial charge in [-0.1, -0.05) is 59.6 Å². The summed E-state index contributed by atoms with van der Waals surface area (Å²) in [7, 11) is 0. The fraction of sp³-hybridized carbons (Fsp3) is 0.0667. The first-order valence-corrected chi connectivity index (χ1v) is 12.4. The minimum Gasteiger partial charge on any atom is -0.462 e. The summed E-state index contributed by atoms with van der Waals surface area (Å²) in [5, 5.41) is 1.05. The zero-order chi connectivity index (χ0) is 25.9. The zero-order valence-corrected chi connectivity index (χ0v) is 21.3. The van der Waals surface area contributed by atoms with Crippen molar-refractivity contribution in [1.82, 2.24) is 0 Å². The molecule has 0 saturated carbocycles. The van der Waals surface area contributed by atoms with E-state index in [0.717, 1.165) is 5.56 Å². The normalized spacial score (nSPS) is 14.2. The maximum atomic E-state index is 13.7. The zero-order valence-electron chi connectivity index (χ0n) is 19.8. The van der Waals surface area contributed by atoms with Gasteiger partial charge in [-0.05, 0) is 73.2 Å². The number of furan rings is 1. The standard InChI is InChI=1S/C30H21Cl2NO4/c1-2-36-30(35)20-9-6-10-23(15-20)33-27(19-7-4-3-5-8-19)17-21(29(33)34)16-24-12-14-28(37-24)25-18-22(31)11-13-26(25)32/h3-18H,2H2,1H3/b21-16+. The molecule has 4 aromatic rings. The van der Waals surface area contributed by atoms with Gasteiger partial charge in [-0.25, -0.2) is 4.79 Å². The van der Waals surface area contributed by atoms with Gasteiger partial charge in [0.25, 0.3) is 5.91 Å². The molecule has 3 aromatic carbocycles. The fourth-order valence-corrected chi connectivity index (χ4v) is 4.48. The topological polar surface area (TPSA) is 59.8 Å². The Kier molecular flexibility index (Phi) is 6.99. The smallest absolute Gasteiger partial charge is 0.338 e. The largest absolute Gasteiger partial charge is 0.462 e. The molecule has 7 heteroatoms. The molecular weight excluding hydrogens is 509 g/mol. The molecular formula is C30H21Cl2NO4. The second-order valence-corrected chi connectivity index (χ2v) is 9.08. The molecule has 0 bridgehead atoms. The Hall–Kier alpha value is -4.06. The van der Waals surface area contributed by atoms with E-state index in [9.17, 15) is 9.59 Å². The highest BCUT2D eigenvalue weighted by Gasteiger charge is 2.31. The lowest BCUT2D eigenvalue weighted by molar-refractivity contribution is -0.113. The predicted molar refractivity (Wildman–Crippen MR) is 146 cm³/mol. The van der Waals surface area contributed by atoms with Crippen molar-refractivity contribution in [3.63, 3.8) is 0 Å².